The summed E-state index contributed by atoms with van der Waals surface area (Å²) in [5.74, 6) is 0.932. The third-order valence-corrected chi connectivity index (χ3v) is 3.06. The van der Waals surface area contributed by atoms with Crippen molar-refractivity contribution in [3.63, 3.8) is 0 Å². The molecular formula is C11H22O2. The van der Waals surface area contributed by atoms with Crippen LogP contribution in [0.1, 0.15) is 44.9 Å². The lowest BCUT2D eigenvalue weighted by molar-refractivity contribution is -0.109. The lowest BCUT2D eigenvalue weighted by atomic mass is 9.86. The van der Waals surface area contributed by atoms with Gasteiger partial charge in [-0.2, -0.15) is 0 Å². The Kier molecular flexibility index (Phi) is 5.40. The van der Waals surface area contributed by atoms with Crippen molar-refractivity contribution in [1.82, 2.24) is 0 Å². The van der Waals surface area contributed by atoms with Crippen LogP contribution in [0.15, 0.2) is 0 Å². The van der Waals surface area contributed by atoms with Crippen LogP contribution in [0.5, 0.6) is 0 Å². The fourth-order valence-corrected chi connectivity index (χ4v) is 2.18. The van der Waals surface area contributed by atoms with E-state index >= 15 is 0 Å². The number of methoxy groups -OCH3 is 2. The third-order valence-electron chi connectivity index (χ3n) is 3.06. The van der Waals surface area contributed by atoms with Crippen molar-refractivity contribution >= 4 is 0 Å². The molecule has 1 fully saturated rings. The zero-order chi connectivity index (χ0) is 9.52. The summed E-state index contributed by atoms with van der Waals surface area (Å²) in [6.45, 7) is 0. The van der Waals surface area contributed by atoms with Gasteiger partial charge in [0.25, 0.3) is 0 Å². The summed E-state index contributed by atoms with van der Waals surface area (Å²) >= 11 is 0. The Morgan fingerprint density at radius 3 is 2.23 bits per heavy atom. The van der Waals surface area contributed by atoms with Crippen molar-refractivity contribution in [2.24, 2.45) is 5.92 Å². The van der Waals surface area contributed by atoms with Crippen LogP contribution in [-0.2, 0) is 9.47 Å². The van der Waals surface area contributed by atoms with Crippen LogP contribution in [-0.4, -0.2) is 20.5 Å². The molecule has 0 radical (unpaired) electrons. The first kappa shape index (κ1) is 11.0. The Labute approximate surface area is 81.6 Å². The molecule has 0 aliphatic heterocycles. The highest BCUT2D eigenvalue weighted by Gasteiger charge is 2.15. The number of hydrogen-bond acceptors (Lipinski definition) is 2. The number of ether oxygens (including phenoxy) is 2. The summed E-state index contributed by atoms with van der Waals surface area (Å²) in [5, 5.41) is 0. The topological polar surface area (TPSA) is 18.5 Å². The molecule has 1 rings (SSSR count). The summed E-state index contributed by atoms with van der Waals surface area (Å²) < 4.78 is 10.3. The summed E-state index contributed by atoms with van der Waals surface area (Å²) in [6, 6.07) is 0. The molecule has 2 nitrogen and oxygen atoms in total. The van der Waals surface area contributed by atoms with Gasteiger partial charge in [-0.1, -0.05) is 32.1 Å². The minimum absolute atomic E-state index is 0.0157. The molecule has 0 atom stereocenters. The molecule has 13 heavy (non-hydrogen) atoms. The summed E-state index contributed by atoms with van der Waals surface area (Å²) in [4.78, 5) is 0. The van der Waals surface area contributed by atoms with Crippen molar-refractivity contribution < 1.29 is 9.47 Å². The monoisotopic (exact) mass is 186 g/mol. The Hall–Kier alpha value is -0.0800. The summed E-state index contributed by atoms with van der Waals surface area (Å²) in [6.07, 6.45) is 9.46. The molecule has 0 heterocycles. The molecule has 0 aromatic carbocycles. The van der Waals surface area contributed by atoms with Crippen LogP contribution in [0, 0.1) is 5.92 Å². The van der Waals surface area contributed by atoms with Gasteiger partial charge in [-0.3, -0.25) is 0 Å². The fourth-order valence-electron chi connectivity index (χ4n) is 2.18. The highest BCUT2D eigenvalue weighted by molar-refractivity contribution is 4.66. The second kappa shape index (κ2) is 6.39. The third kappa shape index (κ3) is 4.10. The summed E-state index contributed by atoms with van der Waals surface area (Å²) in [5.41, 5.74) is 0. The summed E-state index contributed by atoms with van der Waals surface area (Å²) in [7, 11) is 3.43. The number of rotatable bonds is 5. The standard InChI is InChI=1S/C11H22O2/c1-12-11(13-2)9-8-10-6-4-3-5-7-10/h10-11H,3-9H2,1-2H3. The normalized spacial score (nSPS) is 19.6. The van der Waals surface area contributed by atoms with E-state index in [-0.39, 0.29) is 6.29 Å². The fraction of sp³-hybridized carbons (Fsp3) is 1.00. The Balaban J connectivity index is 2.09. The molecule has 1 aliphatic rings. The minimum atomic E-state index is 0.0157. The van der Waals surface area contributed by atoms with Crippen molar-refractivity contribution in [3.05, 3.63) is 0 Å². The minimum Gasteiger partial charge on any atom is -0.356 e. The van der Waals surface area contributed by atoms with Gasteiger partial charge in [-0.15, -0.1) is 0 Å². The Bertz CT molecular complexity index is 115. The van der Waals surface area contributed by atoms with E-state index in [1.807, 2.05) is 0 Å². The van der Waals surface area contributed by atoms with Crippen LogP contribution in [0.2, 0.25) is 0 Å². The maximum atomic E-state index is 5.17. The average Bonchev–Trinajstić information content (AvgIpc) is 2.21. The Morgan fingerprint density at radius 1 is 1.08 bits per heavy atom. The molecule has 0 N–H and O–H groups in total. The van der Waals surface area contributed by atoms with E-state index in [9.17, 15) is 0 Å². The average molecular weight is 186 g/mol. The number of hydrogen-bond donors (Lipinski definition) is 0. The van der Waals surface area contributed by atoms with E-state index in [2.05, 4.69) is 0 Å². The van der Waals surface area contributed by atoms with Crippen LogP contribution in [0.25, 0.3) is 0 Å². The van der Waals surface area contributed by atoms with Crippen LogP contribution < -0.4 is 0 Å². The van der Waals surface area contributed by atoms with Crippen LogP contribution >= 0.6 is 0 Å². The SMILES string of the molecule is COC(CCC1CCCCC1)OC. The predicted molar refractivity (Wildman–Crippen MR) is 53.6 cm³/mol. The van der Waals surface area contributed by atoms with Gasteiger partial charge < -0.3 is 9.47 Å². The van der Waals surface area contributed by atoms with Gasteiger partial charge in [0.2, 0.25) is 0 Å². The molecule has 0 spiro atoms. The van der Waals surface area contributed by atoms with E-state index in [4.69, 9.17) is 9.47 Å². The van der Waals surface area contributed by atoms with Crippen molar-refractivity contribution in [3.8, 4) is 0 Å². The lowest BCUT2D eigenvalue weighted by Gasteiger charge is -2.23. The molecule has 0 bridgehead atoms. The van der Waals surface area contributed by atoms with Gasteiger partial charge in [0, 0.05) is 14.2 Å². The van der Waals surface area contributed by atoms with E-state index in [1.165, 1.54) is 38.5 Å². The molecule has 0 unspecified atom stereocenters. The van der Waals surface area contributed by atoms with Gasteiger partial charge in [0.1, 0.15) is 0 Å². The van der Waals surface area contributed by atoms with Crippen molar-refractivity contribution in [2.75, 3.05) is 14.2 Å². The first-order valence-corrected chi connectivity index (χ1v) is 5.42. The lowest BCUT2D eigenvalue weighted by Crippen LogP contribution is -2.16. The zero-order valence-electron chi connectivity index (χ0n) is 8.92. The largest absolute Gasteiger partial charge is 0.356 e. The molecule has 0 saturated heterocycles. The maximum Gasteiger partial charge on any atom is 0.156 e. The second-order valence-electron chi connectivity index (χ2n) is 3.98. The molecule has 1 saturated carbocycles. The van der Waals surface area contributed by atoms with Crippen LogP contribution in [0.3, 0.4) is 0 Å². The van der Waals surface area contributed by atoms with E-state index < -0.39 is 0 Å². The van der Waals surface area contributed by atoms with Gasteiger partial charge >= 0.3 is 0 Å². The highest BCUT2D eigenvalue weighted by Crippen LogP contribution is 2.27. The smallest absolute Gasteiger partial charge is 0.156 e. The van der Waals surface area contributed by atoms with E-state index in [1.54, 1.807) is 14.2 Å². The van der Waals surface area contributed by atoms with Gasteiger partial charge in [-0.25, -0.2) is 0 Å². The van der Waals surface area contributed by atoms with Crippen LogP contribution in [0.4, 0.5) is 0 Å². The highest BCUT2D eigenvalue weighted by atomic mass is 16.7. The molecule has 0 amide bonds. The van der Waals surface area contributed by atoms with E-state index in [0.29, 0.717) is 0 Å². The first-order valence-electron chi connectivity index (χ1n) is 5.42. The van der Waals surface area contributed by atoms with Crippen molar-refractivity contribution in [2.45, 2.75) is 51.2 Å². The molecular weight excluding hydrogens is 164 g/mol. The second-order valence-corrected chi connectivity index (χ2v) is 3.98. The predicted octanol–water partition coefficient (Wildman–Crippen LogP) is 2.97. The maximum absolute atomic E-state index is 5.17. The first-order chi connectivity index (χ1) is 6.36. The molecule has 0 aromatic heterocycles. The van der Waals surface area contributed by atoms with Gasteiger partial charge in [0.05, 0.1) is 0 Å². The quantitative estimate of drug-likeness (QED) is 0.614. The Morgan fingerprint density at radius 2 is 1.69 bits per heavy atom. The van der Waals surface area contributed by atoms with Gasteiger partial charge in [-0.05, 0) is 18.8 Å². The van der Waals surface area contributed by atoms with Gasteiger partial charge in [0.15, 0.2) is 6.29 Å². The molecule has 78 valence electrons. The zero-order valence-corrected chi connectivity index (χ0v) is 8.92. The molecule has 2 heteroatoms. The van der Waals surface area contributed by atoms with E-state index in [0.717, 1.165) is 12.3 Å². The molecule has 1 aliphatic carbocycles. The van der Waals surface area contributed by atoms with Crippen molar-refractivity contribution in [1.29, 1.82) is 0 Å². The molecule has 0 aromatic rings.